The van der Waals surface area contributed by atoms with E-state index >= 15 is 0 Å². The Balaban J connectivity index is 2.28. The lowest BCUT2D eigenvalue weighted by molar-refractivity contribution is -0.136. The summed E-state index contributed by atoms with van der Waals surface area (Å²) in [7, 11) is 1.62. The average molecular weight is 290 g/mol. The van der Waals surface area contributed by atoms with Crippen molar-refractivity contribution in [1.29, 1.82) is 0 Å². The highest BCUT2D eigenvalue weighted by Crippen LogP contribution is 2.22. The first kappa shape index (κ1) is 15.5. The lowest BCUT2D eigenvalue weighted by Gasteiger charge is -2.30. The second kappa shape index (κ2) is 6.72. The summed E-state index contributed by atoms with van der Waals surface area (Å²) in [6, 6.07) is 8.58. The Morgan fingerprint density at radius 3 is 2.62 bits per heavy atom. The van der Waals surface area contributed by atoms with Crippen LogP contribution in [0, 0.1) is 0 Å². The van der Waals surface area contributed by atoms with Gasteiger partial charge in [0.25, 0.3) is 0 Å². The Kier molecular flexibility index (Phi) is 4.96. The number of carbonyl (C=O) groups is 2. The number of ether oxygens (including phenoxy) is 1. The second-order valence-electron chi connectivity index (χ2n) is 5.50. The predicted octanol–water partition coefficient (Wildman–Crippen LogP) is 1.50. The molecule has 1 saturated heterocycles. The molecular formula is C16H22N2O3. The Bertz CT molecular complexity index is 504. The number of hydrogen-bond donors (Lipinski definition) is 1. The van der Waals surface area contributed by atoms with Crippen LogP contribution in [0.5, 0.6) is 0 Å². The third-order valence-electron chi connectivity index (χ3n) is 3.84. The standard InChI is InChI=1S/C16H22N2O3/c1-11-9-14(19)17-15(13-7-5-4-6-8-13)16(20)18(11)10-12(2)21-3/h4-8,11-12,15H,9-10H2,1-3H3,(H,17,19). The van der Waals surface area contributed by atoms with E-state index in [4.69, 9.17) is 4.74 Å². The third kappa shape index (κ3) is 3.61. The highest BCUT2D eigenvalue weighted by molar-refractivity contribution is 5.91. The zero-order valence-corrected chi connectivity index (χ0v) is 12.7. The van der Waals surface area contributed by atoms with Crippen molar-refractivity contribution in [2.24, 2.45) is 0 Å². The first-order valence-electron chi connectivity index (χ1n) is 7.20. The molecule has 2 rings (SSSR count). The van der Waals surface area contributed by atoms with Crippen LogP contribution in [0.3, 0.4) is 0 Å². The SMILES string of the molecule is COC(C)CN1C(=O)C(c2ccccc2)NC(=O)CC1C. The highest BCUT2D eigenvalue weighted by atomic mass is 16.5. The van der Waals surface area contributed by atoms with Gasteiger partial charge in [0.15, 0.2) is 0 Å². The normalized spacial score (nSPS) is 24.4. The number of carbonyl (C=O) groups excluding carboxylic acids is 2. The molecule has 0 saturated carbocycles. The monoisotopic (exact) mass is 290 g/mol. The van der Waals surface area contributed by atoms with Crippen LogP contribution in [-0.2, 0) is 14.3 Å². The first-order chi connectivity index (χ1) is 10.0. The van der Waals surface area contributed by atoms with E-state index in [1.807, 2.05) is 44.2 Å². The number of methoxy groups -OCH3 is 1. The zero-order valence-electron chi connectivity index (χ0n) is 12.7. The number of hydrogen-bond acceptors (Lipinski definition) is 3. The van der Waals surface area contributed by atoms with E-state index in [1.54, 1.807) is 12.0 Å². The van der Waals surface area contributed by atoms with Crippen molar-refractivity contribution < 1.29 is 14.3 Å². The van der Waals surface area contributed by atoms with Crippen LogP contribution in [0.1, 0.15) is 31.9 Å². The van der Waals surface area contributed by atoms with E-state index in [9.17, 15) is 9.59 Å². The number of benzene rings is 1. The topological polar surface area (TPSA) is 58.6 Å². The molecule has 0 radical (unpaired) electrons. The van der Waals surface area contributed by atoms with Gasteiger partial charge in [0.2, 0.25) is 11.8 Å². The van der Waals surface area contributed by atoms with Crippen LogP contribution < -0.4 is 5.32 Å². The quantitative estimate of drug-likeness (QED) is 0.914. The minimum atomic E-state index is -0.618. The largest absolute Gasteiger partial charge is 0.380 e. The van der Waals surface area contributed by atoms with E-state index in [2.05, 4.69) is 5.32 Å². The molecule has 1 aliphatic heterocycles. The summed E-state index contributed by atoms with van der Waals surface area (Å²) in [6.45, 7) is 4.29. The van der Waals surface area contributed by atoms with E-state index in [0.29, 0.717) is 13.0 Å². The maximum atomic E-state index is 12.8. The molecule has 1 aromatic rings. The summed E-state index contributed by atoms with van der Waals surface area (Å²) in [5.74, 6) is -0.180. The fourth-order valence-corrected chi connectivity index (χ4v) is 2.54. The molecule has 5 nitrogen and oxygen atoms in total. The molecule has 3 atom stereocenters. The van der Waals surface area contributed by atoms with E-state index in [-0.39, 0.29) is 24.0 Å². The lowest BCUT2D eigenvalue weighted by Crippen LogP contribution is -2.45. The van der Waals surface area contributed by atoms with Crippen molar-refractivity contribution >= 4 is 11.8 Å². The average Bonchev–Trinajstić information content (AvgIpc) is 2.59. The van der Waals surface area contributed by atoms with Crippen molar-refractivity contribution in [1.82, 2.24) is 10.2 Å². The highest BCUT2D eigenvalue weighted by Gasteiger charge is 2.35. The van der Waals surface area contributed by atoms with Gasteiger partial charge in [0.05, 0.1) is 6.10 Å². The van der Waals surface area contributed by atoms with Gasteiger partial charge in [0, 0.05) is 26.1 Å². The van der Waals surface area contributed by atoms with Crippen LogP contribution in [0.25, 0.3) is 0 Å². The van der Waals surface area contributed by atoms with Crippen LogP contribution in [0.4, 0.5) is 0 Å². The van der Waals surface area contributed by atoms with Crippen molar-refractivity contribution in [3.63, 3.8) is 0 Å². The Morgan fingerprint density at radius 2 is 2.00 bits per heavy atom. The molecule has 114 valence electrons. The van der Waals surface area contributed by atoms with Gasteiger partial charge in [-0.25, -0.2) is 0 Å². The summed E-state index contributed by atoms with van der Waals surface area (Å²) in [4.78, 5) is 26.6. The van der Waals surface area contributed by atoms with Gasteiger partial charge >= 0.3 is 0 Å². The molecule has 2 amide bonds. The molecule has 1 heterocycles. The van der Waals surface area contributed by atoms with Crippen molar-refractivity contribution in [3.05, 3.63) is 35.9 Å². The summed E-state index contributed by atoms with van der Waals surface area (Å²) < 4.78 is 5.26. The van der Waals surface area contributed by atoms with Crippen molar-refractivity contribution in [2.75, 3.05) is 13.7 Å². The maximum Gasteiger partial charge on any atom is 0.250 e. The smallest absolute Gasteiger partial charge is 0.250 e. The number of rotatable bonds is 4. The molecule has 3 unspecified atom stereocenters. The first-order valence-corrected chi connectivity index (χ1v) is 7.20. The molecule has 21 heavy (non-hydrogen) atoms. The van der Waals surface area contributed by atoms with E-state index in [1.165, 1.54) is 0 Å². The van der Waals surface area contributed by atoms with Gasteiger partial charge < -0.3 is 15.0 Å². The number of amides is 2. The van der Waals surface area contributed by atoms with Crippen LogP contribution in [-0.4, -0.2) is 42.5 Å². The fraction of sp³-hybridized carbons (Fsp3) is 0.500. The summed E-state index contributed by atoms with van der Waals surface area (Å²) >= 11 is 0. The lowest BCUT2D eigenvalue weighted by atomic mass is 10.1. The number of nitrogens with zero attached hydrogens (tertiary/aromatic N) is 1. The molecule has 0 bridgehead atoms. The Morgan fingerprint density at radius 1 is 1.33 bits per heavy atom. The predicted molar refractivity (Wildman–Crippen MR) is 79.6 cm³/mol. The van der Waals surface area contributed by atoms with Gasteiger partial charge in [-0.2, -0.15) is 0 Å². The molecular weight excluding hydrogens is 268 g/mol. The molecule has 1 fully saturated rings. The van der Waals surface area contributed by atoms with E-state index < -0.39 is 6.04 Å². The Hall–Kier alpha value is -1.88. The molecule has 1 aromatic carbocycles. The molecule has 0 aromatic heterocycles. The maximum absolute atomic E-state index is 12.8. The second-order valence-corrected chi connectivity index (χ2v) is 5.50. The van der Waals surface area contributed by atoms with Gasteiger partial charge in [-0.15, -0.1) is 0 Å². The van der Waals surface area contributed by atoms with Crippen LogP contribution >= 0.6 is 0 Å². The van der Waals surface area contributed by atoms with E-state index in [0.717, 1.165) is 5.56 Å². The fourth-order valence-electron chi connectivity index (χ4n) is 2.54. The van der Waals surface area contributed by atoms with Gasteiger partial charge in [-0.3, -0.25) is 9.59 Å². The van der Waals surface area contributed by atoms with Crippen molar-refractivity contribution in [2.45, 2.75) is 38.5 Å². The minimum absolute atomic E-state index is 0.0685. The molecule has 0 aliphatic carbocycles. The van der Waals surface area contributed by atoms with Crippen molar-refractivity contribution in [3.8, 4) is 0 Å². The van der Waals surface area contributed by atoms with Gasteiger partial charge in [0.1, 0.15) is 6.04 Å². The number of nitrogens with one attached hydrogen (secondary N) is 1. The van der Waals surface area contributed by atoms with Crippen LogP contribution in [0.2, 0.25) is 0 Å². The van der Waals surface area contributed by atoms with Gasteiger partial charge in [-0.05, 0) is 19.4 Å². The zero-order chi connectivity index (χ0) is 15.4. The van der Waals surface area contributed by atoms with Crippen LogP contribution in [0.15, 0.2) is 30.3 Å². The minimum Gasteiger partial charge on any atom is -0.380 e. The molecule has 1 N–H and O–H groups in total. The molecule has 1 aliphatic rings. The Labute approximate surface area is 125 Å². The molecule has 0 spiro atoms. The summed E-state index contributed by atoms with van der Waals surface area (Å²) in [5, 5.41) is 2.83. The van der Waals surface area contributed by atoms with Gasteiger partial charge in [-0.1, -0.05) is 30.3 Å². The summed E-state index contributed by atoms with van der Waals surface area (Å²) in [6.07, 6.45) is 0.243. The molecule has 5 heteroatoms. The third-order valence-corrected chi connectivity index (χ3v) is 3.84. The summed E-state index contributed by atoms with van der Waals surface area (Å²) in [5.41, 5.74) is 0.806.